The van der Waals surface area contributed by atoms with Crippen LogP contribution in [-0.2, 0) is 13.1 Å². The van der Waals surface area contributed by atoms with Gasteiger partial charge in [0.25, 0.3) is 0 Å². The first kappa shape index (κ1) is 19.2. The number of carboxylic acid groups (broad SMARTS) is 1. The van der Waals surface area contributed by atoms with E-state index in [2.05, 4.69) is 5.10 Å². The average Bonchev–Trinajstić information content (AvgIpc) is 3.01. The maximum Gasteiger partial charge on any atom is 0.341 e. The fraction of sp³-hybridized carbons (Fsp3) is 0.211. The third kappa shape index (κ3) is 3.77. The summed E-state index contributed by atoms with van der Waals surface area (Å²) in [5, 5.41) is 14.5. The van der Waals surface area contributed by atoms with E-state index in [4.69, 9.17) is 23.2 Å². The number of hydrogen-bond acceptors (Lipinski definition) is 3. The Bertz CT molecular complexity index is 1090. The summed E-state index contributed by atoms with van der Waals surface area (Å²) in [5.74, 6) is -1.29. The molecule has 1 aromatic carbocycles. The van der Waals surface area contributed by atoms with Gasteiger partial charge in [-0.25, -0.2) is 4.79 Å². The lowest BCUT2D eigenvalue weighted by Gasteiger charge is -2.20. The van der Waals surface area contributed by atoms with Gasteiger partial charge in [-0.1, -0.05) is 29.3 Å². The second-order valence-corrected chi connectivity index (χ2v) is 6.93. The topological polar surface area (TPSA) is 77.1 Å². The van der Waals surface area contributed by atoms with Gasteiger partial charge in [0.05, 0.1) is 28.5 Å². The van der Waals surface area contributed by atoms with Crippen molar-refractivity contribution in [1.29, 1.82) is 0 Å². The van der Waals surface area contributed by atoms with Gasteiger partial charge in [0.15, 0.2) is 5.43 Å². The van der Waals surface area contributed by atoms with Crippen LogP contribution in [0.4, 0.5) is 0 Å². The Morgan fingerprint density at radius 3 is 2.52 bits per heavy atom. The van der Waals surface area contributed by atoms with Crippen LogP contribution >= 0.6 is 23.2 Å². The zero-order valence-electron chi connectivity index (χ0n) is 14.7. The Kier molecular flexibility index (Phi) is 5.39. The minimum atomic E-state index is -1.29. The number of benzene rings is 1. The van der Waals surface area contributed by atoms with Gasteiger partial charge in [-0.2, -0.15) is 5.10 Å². The SMILES string of the molecule is CCn1c(Cn2cc(C)cn2)cc(=O)c(C(=O)O)c1-c1ccc(Cl)c(Cl)c1. The first-order chi connectivity index (χ1) is 12.8. The minimum absolute atomic E-state index is 0.286. The van der Waals surface area contributed by atoms with Crippen LogP contribution in [0.1, 0.15) is 28.5 Å². The van der Waals surface area contributed by atoms with Gasteiger partial charge in [0.2, 0.25) is 0 Å². The number of carboxylic acids is 1. The lowest BCUT2D eigenvalue weighted by atomic mass is 10.0. The van der Waals surface area contributed by atoms with E-state index in [-0.39, 0.29) is 10.6 Å². The molecular weight excluding hydrogens is 389 g/mol. The fourth-order valence-corrected chi connectivity index (χ4v) is 3.36. The summed E-state index contributed by atoms with van der Waals surface area (Å²) in [4.78, 5) is 24.4. The number of rotatable bonds is 5. The van der Waals surface area contributed by atoms with Gasteiger partial charge < -0.3 is 9.67 Å². The van der Waals surface area contributed by atoms with Gasteiger partial charge in [0, 0.05) is 30.1 Å². The molecule has 0 spiro atoms. The van der Waals surface area contributed by atoms with Gasteiger partial charge in [0.1, 0.15) is 5.56 Å². The summed E-state index contributed by atoms with van der Waals surface area (Å²) in [6, 6.07) is 6.16. The number of aromatic nitrogens is 3. The van der Waals surface area contributed by atoms with Crippen LogP contribution in [0.3, 0.4) is 0 Å². The van der Waals surface area contributed by atoms with Crippen LogP contribution in [0.15, 0.2) is 41.5 Å². The number of aryl methyl sites for hydroxylation is 1. The Morgan fingerprint density at radius 2 is 1.96 bits per heavy atom. The van der Waals surface area contributed by atoms with E-state index >= 15 is 0 Å². The number of aromatic carboxylic acids is 1. The van der Waals surface area contributed by atoms with Gasteiger partial charge >= 0.3 is 5.97 Å². The normalized spacial score (nSPS) is 11.0. The molecule has 6 nitrogen and oxygen atoms in total. The first-order valence-electron chi connectivity index (χ1n) is 8.26. The van der Waals surface area contributed by atoms with E-state index in [0.717, 1.165) is 5.56 Å². The Hall–Kier alpha value is -2.57. The highest BCUT2D eigenvalue weighted by atomic mass is 35.5. The highest BCUT2D eigenvalue weighted by Crippen LogP contribution is 2.30. The van der Waals surface area contributed by atoms with Crippen LogP contribution < -0.4 is 5.43 Å². The van der Waals surface area contributed by atoms with Gasteiger partial charge in [-0.05, 0) is 31.5 Å². The maximum atomic E-state index is 12.6. The van der Waals surface area contributed by atoms with E-state index in [9.17, 15) is 14.7 Å². The van der Waals surface area contributed by atoms with Gasteiger partial charge in [-0.15, -0.1) is 0 Å². The summed E-state index contributed by atoms with van der Waals surface area (Å²) < 4.78 is 3.50. The number of pyridine rings is 1. The zero-order chi connectivity index (χ0) is 19.7. The summed E-state index contributed by atoms with van der Waals surface area (Å²) in [7, 11) is 0. The Morgan fingerprint density at radius 1 is 1.22 bits per heavy atom. The number of nitrogens with zero attached hydrogens (tertiary/aromatic N) is 3. The molecule has 3 aromatic rings. The molecular formula is C19H17Cl2N3O3. The van der Waals surface area contributed by atoms with Crippen molar-refractivity contribution in [2.45, 2.75) is 26.9 Å². The van der Waals surface area contributed by atoms with E-state index in [1.165, 1.54) is 6.07 Å². The molecule has 2 aromatic heterocycles. The summed E-state index contributed by atoms with van der Waals surface area (Å²) in [6.07, 6.45) is 3.58. The third-order valence-electron chi connectivity index (χ3n) is 4.21. The van der Waals surface area contributed by atoms with E-state index in [0.29, 0.717) is 35.1 Å². The second kappa shape index (κ2) is 7.58. The van der Waals surface area contributed by atoms with Crippen molar-refractivity contribution in [1.82, 2.24) is 14.3 Å². The first-order valence-corrected chi connectivity index (χ1v) is 9.02. The fourth-order valence-electron chi connectivity index (χ4n) is 3.06. The van der Waals surface area contributed by atoms with Crippen molar-refractivity contribution in [3.63, 3.8) is 0 Å². The van der Waals surface area contributed by atoms with E-state index in [1.54, 1.807) is 33.6 Å². The molecule has 0 bridgehead atoms. The minimum Gasteiger partial charge on any atom is -0.477 e. The lowest BCUT2D eigenvalue weighted by Crippen LogP contribution is -2.24. The molecule has 0 radical (unpaired) electrons. The third-order valence-corrected chi connectivity index (χ3v) is 4.95. The lowest BCUT2D eigenvalue weighted by molar-refractivity contribution is 0.0695. The molecule has 0 atom stereocenters. The smallest absolute Gasteiger partial charge is 0.341 e. The average molecular weight is 406 g/mol. The highest BCUT2D eigenvalue weighted by Gasteiger charge is 2.22. The Balaban J connectivity index is 2.29. The van der Waals surface area contributed by atoms with Crippen molar-refractivity contribution >= 4 is 29.2 Å². The molecule has 0 aliphatic carbocycles. The van der Waals surface area contributed by atoms with Crippen molar-refractivity contribution in [2.75, 3.05) is 0 Å². The molecule has 0 saturated heterocycles. The van der Waals surface area contributed by atoms with Crippen LogP contribution in [0, 0.1) is 6.92 Å². The van der Waals surface area contributed by atoms with Crippen LogP contribution in [0.5, 0.6) is 0 Å². The number of carbonyl (C=O) groups is 1. The molecule has 0 aliphatic heterocycles. The highest BCUT2D eigenvalue weighted by molar-refractivity contribution is 6.42. The summed E-state index contributed by atoms with van der Waals surface area (Å²) in [6.45, 7) is 4.61. The number of halogens is 2. The predicted octanol–water partition coefficient (Wildman–Crippen LogP) is 4.09. The van der Waals surface area contributed by atoms with Crippen molar-refractivity contribution in [2.24, 2.45) is 0 Å². The van der Waals surface area contributed by atoms with Crippen LogP contribution in [-0.4, -0.2) is 25.4 Å². The molecule has 0 fully saturated rings. The standard InChI is InChI=1S/C19H17Cl2N3O3/c1-3-24-13(10-23-9-11(2)8-22-23)7-16(25)17(19(26)27)18(24)12-4-5-14(20)15(21)6-12/h4-9H,3,10H2,1-2H3,(H,26,27). The van der Waals surface area contributed by atoms with Crippen molar-refractivity contribution in [3.8, 4) is 11.3 Å². The molecule has 140 valence electrons. The quantitative estimate of drug-likeness (QED) is 0.693. The summed E-state index contributed by atoms with van der Waals surface area (Å²) in [5.41, 5.74) is 1.60. The van der Waals surface area contributed by atoms with Gasteiger partial charge in [-0.3, -0.25) is 9.48 Å². The molecule has 27 heavy (non-hydrogen) atoms. The number of hydrogen-bond donors (Lipinski definition) is 1. The van der Waals surface area contributed by atoms with Crippen LogP contribution in [0.2, 0.25) is 10.0 Å². The van der Waals surface area contributed by atoms with Crippen molar-refractivity contribution < 1.29 is 9.90 Å². The molecule has 3 rings (SSSR count). The summed E-state index contributed by atoms with van der Waals surface area (Å²) >= 11 is 12.1. The Labute approximate surface area is 165 Å². The van der Waals surface area contributed by atoms with E-state index < -0.39 is 11.4 Å². The van der Waals surface area contributed by atoms with E-state index in [1.807, 2.05) is 20.0 Å². The maximum absolute atomic E-state index is 12.6. The van der Waals surface area contributed by atoms with Crippen LogP contribution in [0.25, 0.3) is 11.3 Å². The molecule has 0 saturated carbocycles. The molecule has 0 unspecified atom stereocenters. The monoisotopic (exact) mass is 405 g/mol. The molecule has 8 heteroatoms. The largest absolute Gasteiger partial charge is 0.477 e. The molecule has 0 amide bonds. The zero-order valence-corrected chi connectivity index (χ0v) is 16.3. The second-order valence-electron chi connectivity index (χ2n) is 6.12. The molecule has 2 heterocycles. The molecule has 1 N–H and O–H groups in total. The van der Waals surface area contributed by atoms with Crippen molar-refractivity contribution in [3.05, 3.63) is 73.7 Å². The predicted molar refractivity (Wildman–Crippen MR) is 105 cm³/mol. The molecule has 0 aliphatic rings.